The number of hydrogen-bond donors (Lipinski definition) is 1. The second-order valence-electron chi connectivity index (χ2n) is 4.46. The molecule has 0 spiro atoms. The Morgan fingerprint density at radius 3 is 2.27 bits per heavy atom. The second kappa shape index (κ2) is 4.70. The van der Waals surface area contributed by atoms with E-state index >= 15 is 0 Å². The van der Waals surface area contributed by atoms with Gasteiger partial charge in [0.15, 0.2) is 0 Å². The van der Waals surface area contributed by atoms with Gasteiger partial charge in [-0.1, -0.05) is 6.92 Å². The summed E-state index contributed by atoms with van der Waals surface area (Å²) in [6.45, 7) is 2.54. The van der Waals surface area contributed by atoms with Crippen molar-refractivity contribution in [2.75, 3.05) is 26.2 Å². The van der Waals surface area contributed by atoms with Crippen LogP contribution in [0.5, 0.6) is 0 Å². The van der Waals surface area contributed by atoms with Crippen molar-refractivity contribution in [3.8, 4) is 0 Å². The number of alkyl halides is 3. The van der Waals surface area contributed by atoms with Gasteiger partial charge < -0.3 is 5.73 Å². The van der Waals surface area contributed by atoms with E-state index in [2.05, 4.69) is 0 Å². The van der Waals surface area contributed by atoms with Gasteiger partial charge in [-0.15, -0.1) is 0 Å². The Kier molecular flexibility index (Phi) is 4.00. The van der Waals surface area contributed by atoms with E-state index in [-0.39, 0.29) is 5.41 Å². The highest BCUT2D eigenvalue weighted by Gasteiger charge is 2.44. The predicted octanol–water partition coefficient (Wildman–Crippen LogP) is 2.00. The van der Waals surface area contributed by atoms with Gasteiger partial charge in [0.25, 0.3) is 0 Å². The smallest absolute Gasteiger partial charge is 0.330 e. The number of nitrogens with two attached hydrogens (primary N) is 1. The minimum atomic E-state index is -4.09. The molecule has 2 nitrogen and oxygen atoms in total. The van der Waals surface area contributed by atoms with E-state index < -0.39 is 12.7 Å². The Labute approximate surface area is 88.6 Å². The van der Waals surface area contributed by atoms with Gasteiger partial charge in [0.05, 0.1) is 6.54 Å². The molecular formula is C10H19F3N2. The molecular weight excluding hydrogens is 205 g/mol. The van der Waals surface area contributed by atoms with Crippen LogP contribution in [0.2, 0.25) is 0 Å². The number of hydrogen-bond acceptors (Lipinski definition) is 2. The molecule has 0 saturated heterocycles. The normalized spacial score (nSPS) is 19.6. The first-order chi connectivity index (χ1) is 6.91. The predicted molar refractivity (Wildman–Crippen MR) is 53.5 cm³/mol. The highest BCUT2D eigenvalue weighted by molar-refractivity contribution is 4.95. The zero-order chi connectivity index (χ0) is 11.5. The van der Waals surface area contributed by atoms with E-state index in [1.165, 1.54) is 4.90 Å². The third-order valence-electron chi connectivity index (χ3n) is 3.04. The third kappa shape index (κ3) is 4.38. The molecule has 1 fully saturated rings. The fourth-order valence-corrected chi connectivity index (χ4v) is 1.98. The molecule has 1 aliphatic rings. The van der Waals surface area contributed by atoms with E-state index in [1.54, 1.807) is 6.92 Å². The van der Waals surface area contributed by atoms with Crippen LogP contribution in [0.25, 0.3) is 0 Å². The van der Waals surface area contributed by atoms with Crippen molar-refractivity contribution in [3.63, 3.8) is 0 Å². The lowest BCUT2D eigenvalue weighted by Crippen LogP contribution is -2.38. The molecule has 90 valence electrons. The van der Waals surface area contributed by atoms with Crippen molar-refractivity contribution in [2.24, 2.45) is 11.1 Å². The van der Waals surface area contributed by atoms with Crippen LogP contribution in [0, 0.1) is 5.41 Å². The Morgan fingerprint density at radius 2 is 1.93 bits per heavy atom. The summed E-state index contributed by atoms with van der Waals surface area (Å²) in [6, 6.07) is 0. The molecule has 0 bridgehead atoms. The molecule has 0 aromatic heterocycles. The van der Waals surface area contributed by atoms with Gasteiger partial charge in [0.2, 0.25) is 0 Å². The molecule has 0 unspecified atom stereocenters. The van der Waals surface area contributed by atoms with Gasteiger partial charge in [-0.3, -0.25) is 4.90 Å². The zero-order valence-electron chi connectivity index (χ0n) is 9.11. The molecule has 0 heterocycles. The molecule has 1 aliphatic carbocycles. The van der Waals surface area contributed by atoms with E-state index in [9.17, 15) is 13.2 Å². The average Bonchev–Trinajstić information content (AvgIpc) is 2.82. The topological polar surface area (TPSA) is 29.3 Å². The zero-order valence-corrected chi connectivity index (χ0v) is 9.11. The maximum atomic E-state index is 12.2. The summed E-state index contributed by atoms with van der Waals surface area (Å²) >= 11 is 0. The molecule has 1 rings (SSSR count). The van der Waals surface area contributed by atoms with E-state index in [0.717, 1.165) is 19.3 Å². The molecule has 0 radical (unpaired) electrons. The van der Waals surface area contributed by atoms with Gasteiger partial charge in [0.1, 0.15) is 0 Å². The maximum absolute atomic E-state index is 12.2. The first-order valence-electron chi connectivity index (χ1n) is 5.40. The van der Waals surface area contributed by atoms with Crippen molar-refractivity contribution in [2.45, 2.75) is 32.4 Å². The molecule has 1 saturated carbocycles. The fourth-order valence-electron chi connectivity index (χ4n) is 1.98. The highest BCUT2D eigenvalue weighted by atomic mass is 19.4. The lowest BCUT2D eigenvalue weighted by molar-refractivity contribution is -0.147. The Hall–Kier alpha value is -0.290. The summed E-state index contributed by atoms with van der Waals surface area (Å²) in [7, 11) is 0. The molecule has 0 aliphatic heterocycles. The van der Waals surface area contributed by atoms with Crippen molar-refractivity contribution >= 4 is 0 Å². The summed E-state index contributed by atoms with van der Waals surface area (Å²) in [4.78, 5) is 1.47. The van der Waals surface area contributed by atoms with Gasteiger partial charge in [-0.05, 0) is 37.8 Å². The Bertz CT molecular complexity index is 199. The van der Waals surface area contributed by atoms with E-state index in [4.69, 9.17) is 5.73 Å². The number of nitrogens with zero attached hydrogens (tertiary/aromatic N) is 1. The maximum Gasteiger partial charge on any atom is 0.401 e. The summed E-state index contributed by atoms with van der Waals surface area (Å²) in [5, 5.41) is 0. The van der Waals surface area contributed by atoms with Crippen molar-refractivity contribution in [3.05, 3.63) is 0 Å². The van der Waals surface area contributed by atoms with Crippen LogP contribution in [-0.4, -0.2) is 37.3 Å². The van der Waals surface area contributed by atoms with Gasteiger partial charge in [-0.25, -0.2) is 0 Å². The molecule has 0 atom stereocenters. The number of rotatable bonds is 6. The molecule has 0 aromatic rings. The van der Waals surface area contributed by atoms with Crippen LogP contribution in [0.4, 0.5) is 13.2 Å². The number of halogens is 3. The second-order valence-corrected chi connectivity index (χ2v) is 4.46. The molecule has 15 heavy (non-hydrogen) atoms. The largest absolute Gasteiger partial charge is 0.401 e. The van der Waals surface area contributed by atoms with Crippen LogP contribution in [-0.2, 0) is 0 Å². The molecule has 2 N–H and O–H groups in total. The SMILES string of the molecule is CCN(CC(F)(F)F)CC1(CCN)CC1. The molecule has 0 aromatic carbocycles. The lowest BCUT2D eigenvalue weighted by atomic mass is 10.0. The Morgan fingerprint density at radius 1 is 1.33 bits per heavy atom. The monoisotopic (exact) mass is 224 g/mol. The minimum Gasteiger partial charge on any atom is -0.330 e. The van der Waals surface area contributed by atoms with Crippen LogP contribution in [0.1, 0.15) is 26.2 Å². The average molecular weight is 224 g/mol. The standard InChI is InChI=1S/C10H19F3N2/c1-2-15(8-10(11,12)13)7-9(3-4-9)5-6-14/h2-8,14H2,1H3. The van der Waals surface area contributed by atoms with Gasteiger partial charge in [-0.2, -0.15) is 13.2 Å². The van der Waals surface area contributed by atoms with E-state index in [0.29, 0.717) is 19.6 Å². The third-order valence-corrected chi connectivity index (χ3v) is 3.04. The van der Waals surface area contributed by atoms with Crippen LogP contribution >= 0.6 is 0 Å². The van der Waals surface area contributed by atoms with Crippen LogP contribution in [0.15, 0.2) is 0 Å². The van der Waals surface area contributed by atoms with Crippen molar-refractivity contribution in [1.82, 2.24) is 4.90 Å². The van der Waals surface area contributed by atoms with Crippen LogP contribution < -0.4 is 5.73 Å². The molecule has 0 amide bonds. The lowest BCUT2D eigenvalue weighted by Gasteiger charge is -2.26. The quantitative estimate of drug-likeness (QED) is 0.747. The summed E-state index contributed by atoms with van der Waals surface area (Å²) in [5.74, 6) is 0. The highest BCUT2D eigenvalue weighted by Crippen LogP contribution is 2.49. The van der Waals surface area contributed by atoms with Crippen molar-refractivity contribution < 1.29 is 13.2 Å². The van der Waals surface area contributed by atoms with Crippen LogP contribution in [0.3, 0.4) is 0 Å². The first kappa shape index (κ1) is 12.8. The van der Waals surface area contributed by atoms with Gasteiger partial charge in [0, 0.05) is 6.54 Å². The summed E-state index contributed by atoms with van der Waals surface area (Å²) < 4.78 is 36.6. The fraction of sp³-hybridized carbons (Fsp3) is 1.00. The summed E-state index contributed by atoms with van der Waals surface area (Å²) in [6.07, 6.45) is -1.19. The summed E-state index contributed by atoms with van der Waals surface area (Å²) in [5.41, 5.74) is 5.55. The minimum absolute atomic E-state index is 0.0933. The first-order valence-corrected chi connectivity index (χ1v) is 5.40. The molecule has 5 heteroatoms. The van der Waals surface area contributed by atoms with Gasteiger partial charge >= 0.3 is 6.18 Å². The van der Waals surface area contributed by atoms with Crippen molar-refractivity contribution in [1.29, 1.82) is 0 Å². The Balaban J connectivity index is 2.40. The van der Waals surface area contributed by atoms with E-state index in [1.807, 2.05) is 0 Å².